The SMILES string of the molecule is COc1ccc(OCCCC(=O)Nc2cc(S(=O)(=O)NC(C)C)ccc2OC)cc1. The summed E-state index contributed by atoms with van der Waals surface area (Å²) in [6.45, 7) is 3.83. The fraction of sp³-hybridized carbons (Fsp3) is 0.381. The molecule has 0 heterocycles. The molecule has 8 nitrogen and oxygen atoms in total. The molecule has 0 unspecified atom stereocenters. The molecule has 0 saturated carbocycles. The molecular formula is C21H28N2O6S. The summed E-state index contributed by atoms with van der Waals surface area (Å²) in [4.78, 5) is 12.4. The van der Waals surface area contributed by atoms with Gasteiger partial charge in [-0.15, -0.1) is 0 Å². The van der Waals surface area contributed by atoms with Gasteiger partial charge in [-0.05, 0) is 62.7 Å². The van der Waals surface area contributed by atoms with Gasteiger partial charge in [-0.2, -0.15) is 0 Å². The Kier molecular flexibility index (Phi) is 8.49. The number of rotatable bonds is 11. The summed E-state index contributed by atoms with van der Waals surface area (Å²) in [7, 11) is -0.640. The zero-order valence-corrected chi connectivity index (χ0v) is 18.4. The van der Waals surface area contributed by atoms with Crippen LogP contribution in [0.5, 0.6) is 17.2 Å². The van der Waals surface area contributed by atoms with Crippen LogP contribution in [0.2, 0.25) is 0 Å². The zero-order valence-electron chi connectivity index (χ0n) is 17.6. The Bertz CT molecular complexity index is 942. The van der Waals surface area contributed by atoms with Crippen LogP contribution in [0.25, 0.3) is 0 Å². The van der Waals surface area contributed by atoms with Crippen LogP contribution in [-0.4, -0.2) is 41.2 Å². The number of carbonyl (C=O) groups is 1. The number of sulfonamides is 1. The van der Waals surface area contributed by atoms with Crippen molar-refractivity contribution in [3.05, 3.63) is 42.5 Å². The minimum atomic E-state index is -3.69. The molecular weight excluding hydrogens is 408 g/mol. The molecule has 164 valence electrons. The van der Waals surface area contributed by atoms with Crippen molar-refractivity contribution >= 4 is 21.6 Å². The molecule has 30 heavy (non-hydrogen) atoms. The summed E-state index contributed by atoms with van der Waals surface area (Å²) in [6, 6.07) is 11.3. The van der Waals surface area contributed by atoms with Gasteiger partial charge in [0.15, 0.2) is 0 Å². The van der Waals surface area contributed by atoms with Crippen molar-refractivity contribution in [2.45, 2.75) is 37.6 Å². The number of nitrogens with one attached hydrogen (secondary N) is 2. The molecule has 0 aliphatic carbocycles. The van der Waals surface area contributed by atoms with E-state index < -0.39 is 10.0 Å². The summed E-state index contributed by atoms with van der Waals surface area (Å²) in [5, 5.41) is 2.71. The monoisotopic (exact) mass is 436 g/mol. The highest BCUT2D eigenvalue weighted by Gasteiger charge is 2.18. The Morgan fingerprint density at radius 2 is 1.67 bits per heavy atom. The average Bonchev–Trinajstić information content (AvgIpc) is 2.70. The van der Waals surface area contributed by atoms with E-state index in [1.165, 1.54) is 25.3 Å². The van der Waals surface area contributed by atoms with Gasteiger partial charge in [0.25, 0.3) is 0 Å². The van der Waals surface area contributed by atoms with Crippen LogP contribution in [-0.2, 0) is 14.8 Å². The number of anilines is 1. The van der Waals surface area contributed by atoms with Crippen molar-refractivity contribution < 1.29 is 27.4 Å². The molecule has 0 aliphatic heterocycles. The van der Waals surface area contributed by atoms with Gasteiger partial charge in [0, 0.05) is 12.5 Å². The number of benzene rings is 2. The van der Waals surface area contributed by atoms with Crippen LogP contribution >= 0.6 is 0 Å². The number of hydrogen-bond acceptors (Lipinski definition) is 6. The molecule has 9 heteroatoms. The van der Waals surface area contributed by atoms with Crippen LogP contribution in [0.15, 0.2) is 47.4 Å². The second kappa shape index (κ2) is 10.8. The molecule has 0 bridgehead atoms. The highest BCUT2D eigenvalue weighted by molar-refractivity contribution is 7.89. The first-order valence-electron chi connectivity index (χ1n) is 9.52. The lowest BCUT2D eigenvalue weighted by molar-refractivity contribution is -0.116. The van der Waals surface area contributed by atoms with E-state index in [0.717, 1.165) is 5.75 Å². The Balaban J connectivity index is 1.93. The minimum Gasteiger partial charge on any atom is -0.497 e. The van der Waals surface area contributed by atoms with Gasteiger partial charge in [-0.3, -0.25) is 4.79 Å². The lowest BCUT2D eigenvalue weighted by Gasteiger charge is -2.14. The van der Waals surface area contributed by atoms with Crippen molar-refractivity contribution in [2.75, 3.05) is 26.1 Å². The molecule has 2 N–H and O–H groups in total. The molecule has 0 spiro atoms. The number of carbonyl (C=O) groups excluding carboxylic acids is 1. The van der Waals surface area contributed by atoms with E-state index in [2.05, 4.69) is 10.0 Å². The van der Waals surface area contributed by atoms with E-state index in [1.807, 2.05) is 0 Å². The van der Waals surface area contributed by atoms with Crippen LogP contribution in [0.1, 0.15) is 26.7 Å². The third-order valence-electron chi connectivity index (χ3n) is 4.02. The van der Waals surface area contributed by atoms with Gasteiger partial charge in [0.05, 0.1) is 31.4 Å². The topological polar surface area (TPSA) is 103 Å². The predicted molar refractivity (Wildman–Crippen MR) is 115 cm³/mol. The maximum atomic E-state index is 12.4. The van der Waals surface area contributed by atoms with Crippen molar-refractivity contribution in [2.24, 2.45) is 0 Å². The first kappa shape index (κ1) is 23.5. The highest BCUT2D eigenvalue weighted by atomic mass is 32.2. The minimum absolute atomic E-state index is 0.0511. The normalized spacial score (nSPS) is 11.2. The fourth-order valence-corrected chi connectivity index (χ4v) is 3.91. The summed E-state index contributed by atoms with van der Waals surface area (Å²) in [5.41, 5.74) is 0.296. The average molecular weight is 437 g/mol. The van der Waals surface area contributed by atoms with Gasteiger partial charge < -0.3 is 19.5 Å². The number of ether oxygens (including phenoxy) is 3. The molecule has 0 atom stereocenters. The van der Waals surface area contributed by atoms with E-state index in [4.69, 9.17) is 14.2 Å². The van der Waals surface area contributed by atoms with Gasteiger partial charge in [0.1, 0.15) is 17.2 Å². The molecule has 0 fully saturated rings. The Labute approximate surface area is 177 Å². The Morgan fingerprint density at radius 3 is 2.27 bits per heavy atom. The first-order chi connectivity index (χ1) is 14.2. The summed E-state index contributed by atoms with van der Waals surface area (Å²) >= 11 is 0. The second-order valence-electron chi connectivity index (χ2n) is 6.81. The van der Waals surface area contributed by atoms with E-state index in [9.17, 15) is 13.2 Å². The highest BCUT2D eigenvalue weighted by Crippen LogP contribution is 2.28. The summed E-state index contributed by atoms with van der Waals surface area (Å²) in [5.74, 6) is 1.54. The maximum absolute atomic E-state index is 12.4. The lowest BCUT2D eigenvalue weighted by atomic mass is 10.2. The standard InChI is InChI=1S/C21H28N2O6S/c1-15(2)23-30(25,26)18-11-12-20(28-4)19(14-18)22-21(24)6-5-13-29-17-9-7-16(27-3)8-10-17/h7-12,14-15,23H,5-6,13H2,1-4H3,(H,22,24). The third kappa shape index (κ3) is 6.93. The number of hydrogen-bond donors (Lipinski definition) is 2. The van der Waals surface area contributed by atoms with Crippen molar-refractivity contribution in [1.82, 2.24) is 4.72 Å². The molecule has 0 saturated heterocycles. The van der Waals surface area contributed by atoms with Crippen LogP contribution in [0, 0.1) is 0 Å². The molecule has 1 amide bonds. The molecule has 2 aromatic carbocycles. The summed E-state index contributed by atoms with van der Waals surface area (Å²) < 4.78 is 43.2. The fourth-order valence-electron chi connectivity index (χ4n) is 2.64. The lowest BCUT2D eigenvalue weighted by Crippen LogP contribution is -2.30. The van der Waals surface area contributed by atoms with E-state index in [0.29, 0.717) is 30.2 Å². The maximum Gasteiger partial charge on any atom is 0.240 e. The van der Waals surface area contributed by atoms with Gasteiger partial charge in [-0.1, -0.05) is 0 Å². The molecule has 0 aliphatic rings. The zero-order chi connectivity index (χ0) is 22.1. The van der Waals surface area contributed by atoms with Gasteiger partial charge in [0.2, 0.25) is 15.9 Å². The van der Waals surface area contributed by atoms with E-state index in [-0.39, 0.29) is 23.3 Å². The van der Waals surface area contributed by atoms with Crippen LogP contribution < -0.4 is 24.2 Å². The van der Waals surface area contributed by atoms with E-state index >= 15 is 0 Å². The van der Waals surface area contributed by atoms with Crippen molar-refractivity contribution in [3.63, 3.8) is 0 Å². The van der Waals surface area contributed by atoms with Crippen LogP contribution in [0.4, 0.5) is 5.69 Å². The van der Waals surface area contributed by atoms with Gasteiger partial charge >= 0.3 is 0 Å². The quantitative estimate of drug-likeness (QED) is 0.525. The summed E-state index contributed by atoms with van der Waals surface area (Å²) in [6.07, 6.45) is 0.702. The first-order valence-corrected chi connectivity index (χ1v) is 11.0. The molecule has 2 aromatic rings. The largest absolute Gasteiger partial charge is 0.497 e. The Morgan fingerprint density at radius 1 is 1.00 bits per heavy atom. The van der Waals surface area contributed by atoms with Gasteiger partial charge in [-0.25, -0.2) is 13.1 Å². The smallest absolute Gasteiger partial charge is 0.240 e. The predicted octanol–water partition coefficient (Wildman–Crippen LogP) is 3.19. The molecule has 2 rings (SSSR count). The number of methoxy groups -OCH3 is 2. The number of amides is 1. The Hall–Kier alpha value is -2.78. The third-order valence-corrected chi connectivity index (χ3v) is 5.68. The molecule has 0 aromatic heterocycles. The van der Waals surface area contributed by atoms with E-state index in [1.54, 1.807) is 45.2 Å². The van der Waals surface area contributed by atoms with Crippen LogP contribution in [0.3, 0.4) is 0 Å². The van der Waals surface area contributed by atoms with Crippen molar-refractivity contribution in [1.29, 1.82) is 0 Å². The molecule has 0 radical (unpaired) electrons. The van der Waals surface area contributed by atoms with Crippen molar-refractivity contribution in [3.8, 4) is 17.2 Å². The second-order valence-corrected chi connectivity index (χ2v) is 8.53.